The summed E-state index contributed by atoms with van der Waals surface area (Å²) in [5.41, 5.74) is 2.74. The quantitative estimate of drug-likeness (QED) is 0.714. The molecule has 1 N–H and O–H groups in total. The Kier molecular flexibility index (Phi) is 6.12. The molecule has 0 aliphatic heterocycles. The molecule has 0 radical (unpaired) electrons. The van der Waals surface area contributed by atoms with Gasteiger partial charge in [0, 0.05) is 13.2 Å². The molecule has 0 amide bonds. The van der Waals surface area contributed by atoms with Gasteiger partial charge < -0.3 is 10.0 Å². The van der Waals surface area contributed by atoms with Crippen molar-refractivity contribution in [3.63, 3.8) is 0 Å². The molecule has 0 atom stereocenters. The number of aliphatic hydroxyl groups is 1. The van der Waals surface area contributed by atoms with Crippen LogP contribution in [0.4, 0.5) is 0 Å². The summed E-state index contributed by atoms with van der Waals surface area (Å²) in [6, 6.07) is 8.70. The van der Waals surface area contributed by atoms with Crippen molar-refractivity contribution in [1.29, 1.82) is 0 Å². The van der Waals surface area contributed by atoms with Crippen molar-refractivity contribution in [2.75, 3.05) is 26.7 Å². The van der Waals surface area contributed by atoms with E-state index in [4.69, 9.17) is 5.11 Å². The van der Waals surface area contributed by atoms with Crippen LogP contribution in [0.1, 0.15) is 24.0 Å². The van der Waals surface area contributed by atoms with Crippen molar-refractivity contribution in [2.24, 2.45) is 0 Å². The monoisotopic (exact) mass is 221 g/mol. The molecule has 0 aliphatic carbocycles. The maximum Gasteiger partial charge on any atom is 0.0431 e. The number of likely N-dealkylation sites (N-methyl/N-ethyl adjacent to an activating group) is 1. The molecule has 0 fully saturated rings. The van der Waals surface area contributed by atoms with Crippen molar-refractivity contribution in [2.45, 2.75) is 26.2 Å². The van der Waals surface area contributed by atoms with Crippen LogP contribution in [-0.2, 0) is 6.42 Å². The van der Waals surface area contributed by atoms with Crippen LogP contribution in [-0.4, -0.2) is 36.8 Å². The van der Waals surface area contributed by atoms with Gasteiger partial charge in [0.25, 0.3) is 0 Å². The number of nitrogens with zero attached hydrogens (tertiary/aromatic N) is 1. The van der Waals surface area contributed by atoms with Crippen LogP contribution in [0.3, 0.4) is 0 Å². The Hall–Kier alpha value is -0.860. The summed E-state index contributed by atoms with van der Waals surface area (Å²) < 4.78 is 0. The van der Waals surface area contributed by atoms with Crippen LogP contribution in [0.25, 0.3) is 0 Å². The number of hydrogen-bond donors (Lipinski definition) is 1. The standard InChI is InChI=1S/C14H23NO/c1-13-6-5-7-14(12-13)8-10-15(2)9-3-4-11-16/h5-7,12,16H,3-4,8-11H2,1-2H3. The Morgan fingerprint density at radius 1 is 1.19 bits per heavy atom. The molecule has 2 heteroatoms. The van der Waals surface area contributed by atoms with Crippen LogP contribution in [0.15, 0.2) is 24.3 Å². The van der Waals surface area contributed by atoms with Gasteiger partial charge in [0.05, 0.1) is 0 Å². The smallest absolute Gasteiger partial charge is 0.0431 e. The van der Waals surface area contributed by atoms with Crippen molar-refractivity contribution in [3.05, 3.63) is 35.4 Å². The highest BCUT2D eigenvalue weighted by molar-refractivity contribution is 5.22. The molecule has 0 aliphatic rings. The molecule has 1 aromatic rings. The van der Waals surface area contributed by atoms with Gasteiger partial charge in [-0.05, 0) is 45.3 Å². The molecule has 0 saturated carbocycles. The van der Waals surface area contributed by atoms with Crippen molar-refractivity contribution >= 4 is 0 Å². The third-order valence-corrected chi connectivity index (χ3v) is 2.81. The molecule has 16 heavy (non-hydrogen) atoms. The molecule has 0 unspecified atom stereocenters. The summed E-state index contributed by atoms with van der Waals surface area (Å²) in [7, 11) is 2.15. The number of rotatable bonds is 7. The van der Waals surface area contributed by atoms with Crippen LogP contribution in [0.5, 0.6) is 0 Å². The van der Waals surface area contributed by atoms with Gasteiger partial charge in [0.2, 0.25) is 0 Å². The second kappa shape index (κ2) is 7.42. The van der Waals surface area contributed by atoms with Gasteiger partial charge in [-0.15, -0.1) is 0 Å². The maximum atomic E-state index is 8.70. The van der Waals surface area contributed by atoms with Crippen LogP contribution < -0.4 is 0 Å². The van der Waals surface area contributed by atoms with Gasteiger partial charge in [0.15, 0.2) is 0 Å². The summed E-state index contributed by atoms with van der Waals surface area (Å²) in [6.45, 7) is 4.61. The van der Waals surface area contributed by atoms with E-state index in [1.165, 1.54) is 11.1 Å². The number of hydrogen-bond acceptors (Lipinski definition) is 2. The molecule has 0 saturated heterocycles. The van der Waals surface area contributed by atoms with Gasteiger partial charge in [0.1, 0.15) is 0 Å². The summed E-state index contributed by atoms with van der Waals surface area (Å²) in [4.78, 5) is 2.33. The molecular formula is C14H23NO. The Morgan fingerprint density at radius 3 is 2.69 bits per heavy atom. The topological polar surface area (TPSA) is 23.5 Å². The summed E-state index contributed by atoms with van der Waals surface area (Å²) in [6.07, 6.45) is 3.10. The zero-order valence-corrected chi connectivity index (χ0v) is 10.4. The molecule has 0 aromatic heterocycles. The fourth-order valence-corrected chi connectivity index (χ4v) is 1.79. The highest BCUT2D eigenvalue weighted by atomic mass is 16.2. The van der Waals surface area contributed by atoms with Crippen molar-refractivity contribution in [3.8, 4) is 0 Å². The minimum Gasteiger partial charge on any atom is -0.396 e. The number of aliphatic hydroxyl groups excluding tert-OH is 1. The molecule has 0 heterocycles. The van der Waals surface area contributed by atoms with E-state index >= 15 is 0 Å². The molecule has 1 aromatic carbocycles. The summed E-state index contributed by atoms with van der Waals surface area (Å²) in [5, 5.41) is 8.70. The number of aryl methyl sites for hydroxylation is 1. The molecule has 2 nitrogen and oxygen atoms in total. The van der Waals surface area contributed by atoms with Gasteiger partial charge in [-0.1, -0.05) is 29.8 Å². The van der Waals surface area contributed by atoms with Gasteiger partial charge >= 0.3 is 0 Å². The Labute approximate surface area is 98.9 Å². The van der Waals surface area contributed by atoms with E-state index in [2.05, 4.69) is 43.1 Å². The second-order valence-electron chi connectivity index (χ2n) is 4.47. The van der Waals surface area contributed by atoms with Crippen LogP contribution in [0.2, 0.25) is 0 Å². The number of unbranched alkanes of at least 4 members (excludes halogenated alkanes) is 1. The first kappa shape index (κ1) is 13.2. The largest absolute Gasteiger partial charge is 0.396 e. The molecule has 1 rings (SSSR count). The van der Waals surface area contributed by atoms with E-state index < -0.39 is 0 Å². The third-order valence-electron chi connectivity index (χ3n) is 2.81. The van der Waals surface area contributed by atoms with Crippen molar-refractivity contribution in [1.82, 2.24) is 4.90 Å². The predicted molar refractivity (Wildman–Crippen MR) is 68.7 cm³/mol. The lowest BCUT2D eigenvalue weighted by atomic mass is 10.1. The fraction of sp³-hybridized carbons (Fsp3) is 0.571. The Bertz CT molecular complexity index is 299. The van der Waals surface area contributed by atoms with E-state index in [1.54, 1.807) is 0 Å². The lowest BCUT2D eigenvalue weighted by Gasteiger charge is -2.16. The lowest BCUT2D eigenvalue weighted by molar-refractivity contribution is 0.264. The van der Waals surface area contributed by atoms with E-state index in [-0.39, 0.29) is 0 Å². The Morgan fingerprint density at radius 2 is 2.00 bits per heavy atom. The molecule has 0 bridgehead atoms. The average molecular weight is 221 g/mol. The normalized spacial score (nSPS) is 11.0. The summed E-state index contributed by atoms with van der Waals surface area (Å²) in [5.74, 6) is 0. The highest BCUT2D eigenvalue weighted by Crippen LogP contribution is 2.05. The molecular weight excluding hydrogens is 198 g/mol. The van der Waals surface area contributed by atoms with Gasteiger partial charge in [-0.2, -0.15) is 0 Å². The van der Waals surface area contributed by atoms with Gasteiger partial charge in [-0.3, -0.25) is 0 Å². The maximum absolute atomic E-state index is 8.70. The van der Waals surface area contributed by atoms with E-state index in [0.717, 1.165) is 32.4 Å². The van der Waals surface area contributed by atoms with Gasteiger partial charge in [-0.25, -0.2) is 0 Å². The van der Waals surface area contributed by atoms with E-state index in [9.17, 15) is 0 Å². The Balaban J connectivity index is 2.23. The average Bonchev–Trinajstić information content (AvgIpc) is 2.27. The number of benzene rings is 1. The fourth-order valence-electron chi connectivity index (χ4n) is 1.79. The first-order valence-corrected chi connectivity index (χ1v) is 6.07. The second-order valence-corrected chi connectivity index (χ2v) is 4.47. The van der Waals surface area contributed by atoms with E-state index in [0.29, 0.717) is 6.61 Å². The first-order chi connectivity index (χ1) is 7.72. The van der Waals surface area contributed by atoms with E-state index in [1.807, 2.05) is 0 Å². The summed E-state index contributed by atoms with van der Waals surface area (Å²) >= 11 is 0. The zero-order valence-electron chi connectivity index (χ0n) is 10.4. The molecule has 90 valence electrons. The van der Waals surface area contributed by atoms with Crippen molar-refractivity contribution < 1.29 is 5.11 Å². The van der Waals surface area contributed by atoms with Crippen LogP contribution in [0, 0.1) is 6.92 Å². The SMILES string of the molecule is Cc1cccc(CCN(C)CCCCO)c1. The van der Waals surface area contributed by atoms with Crippen LogP contribution >= 0.6 is 0 Å². The first-order valence-electron chi connectivity index (χ1n) is 6.07. The lowest BCUT2D eigenvalue weighted by Crippen LogP contribution is -2.22. The molecule has 0 spiro atoms. The highest BCUT2D eigenvalue weighted by Gasteiger charge is 1.99. The third kappa shape index (κ3) is 5.29. The predicted octanol–water partition coefficient (Wildman–Crippen LogP) is 2.24. The minimum atomic E-state index is 0.311. The zero-order chi connectivity index (χ0) is 11.8. The minimum absolute atomic E-state index is 0.311.